The van der Waals surface area contributed by atoms with Gasteiger partial charge in [-0.3, -0.25) is 24.9 Å². The summed E-state index contributed by atoms with van der Waals surface area (Å²) in [6, 6.07) is 19.2. The molecule has 10 rings (SSSR count). The second-order valence-corrected chi connectivity index (χ2v) is 17.1. The Kier molecular flexibility index (Phi) is 9.88. The SMILES string of the molecule is N#Cc1cnn2c(-c3cc(NC4CCOCC4)c(-c4nnc(N5CC6CCC(C5)N6CC5CCN(c6ccc(N7CCC(=O)NC7=O)cc6)CC5)s4)cn3)ccc2c1. The average molecular weight is 799 g/mol. The van der Waals surface area contributed by atoms with Gasteiger partial charge >= 0.3 is 6.03 Å². The van der Waals surface area contributed by atoms with Crippen LogP contribution in [0.25, 0.3) is 27.5 Å². The molecule has 298 valence electrons. The quantitative estimate of drug-likeness (QED) is 0.196. The lowest BCUT2D eigenvalue weighted by molar-refractivity contribution is -0.120. The third-order valence-corrected chi connectivity index (χ3v) is 13.6. The van der Waals surface area contributed by atoms with E-state index >= 15 is 0 Å². The Morgan fingerprint density at radius 3 is 2.41 bits per heavy atom. The minimum atomic E-state index is -0.348. The molecule has 2 atom stereocenters. The Bertz CT molecular complexity index is 2350. The van der Waals surface area contributed by atoms with Gasteiger partial charge in [0.2, 0.25) is 11.0 Å². The Morgan fingerprint density at radius 2 is 1.66 bits per heavy atom. The van der Waals surface area contributed by atoms with Gasteiger partial charge in [0.1, 0.15) is 6.07 Å². The zero-order valence-corrected chi connectivity index (χ0v) is 33.1. The third kappa shape index (κ3) is 7.22. The number of aromatic nitrogens is 5. The van der Waals surface area contributed by atoms with Crippen LogP contribution in [0.3, 0.4) is 0 Å². The highest BCUT2D eigenvalue weighted by atomic mass is 32.1. The summed E-state index contributed by atoms with van der Waals surface area (Å²) in [4.78, 5) is 38.1. The van der Waals surface area contributed by atoms with Gasteiger partial charge in [0.25, 0.3) is 0 Å². The number of piperazine rings is 1. The van der Waals surface area contributed by atoms with Crippen molar-refractivity contribution in [3.8, 4) is 28.0 Å². The van der Waals surface area contributed by atoms with Gasteiger partial charge in [-0.05, 0) is 93.0 Å². The number of carbonyl (C=O) groups is 2. The average Bonchev–Trinajstić information content (AvgIpc) is 3.97. The summed E-state index contributed by atoms with van der Waals surface area (Å²) in [5.74, 6) is 0.451. The Balaban J connectivity index is 0.790. The summed E-state index contributed by atoms with van der Waals surface area (Å²) >= 11 is 1.65. The molecule has 2 N–H and O–H groups in total. The number of carbonyl (C=O) groups excluding carboxylic acids is 2. The fourth-order valence-electron chi connectivity index (χ4n) is 9.42. The van der Waals surface area contributed by atoms with Crippen LogP contribution in [0, 0.1) is 17.2 Å². The zero-order chi connectivity index (χ0) is 39.2. The molecule has 5 aliphatic rings. The van der Waals surface area contributed by atoms with E-state index in [9.17, 15) is 14.9 Å². The van der Waals surface area contributed by atoms with Crippen LogP contribution in [0.15, 0.2) is 60.9 Å². The van der Waals surface area contributed by atoms with E-state index < -0.39 is 0 Å². The van der Waals surface area contributed by atoms with Crippen LogP contribution in [0.1, 0.15) is 50.5 Å². The number of ether oxygens (including phenoxy) is 1. The first-order valence-electron chi connectivity index (χ1n) is 20.5. The molecule has 5 aromatic rings. The summed E-state index contributed by atoms with van der Waals surface area (Å²) < 4.78 is 7.48. The third-order valence-electron chi connectivity index (χ3n) is 12.6. The number of nitrogens with one attached hydrogen (secondary N) is 2. The second kappa shape index (κ2) is 15.6. The van der Waals surface area contributed by atoms with Gasteiger partial charge in [0.05, 0.1) is 34.2 Å². The molecule has 0 spiro atoms. The molecule has 5 fully saturated rings. The lowest BCUT2D eigenvalue weighted by atomic mass is 9.94. The number of hydrogen-bond donors (Lipinski definition) is 2. The summed E-state index contributed by atoms with van der Waals surface area (Å²) in [6.07, 6.45) is 10.4. The Morgan fingerprint density at radius 1 is 0.879 bits per heavy atom. The van der Waals surface area contributed by atoms with Crippen molar-refractivity contribution in [1.82, 2.24) is 35.0 Å². The molecule has 0 radical (unpaired) electrons. The molecule has 58 heavy (non-hydrogen) atoms. The maximum atomic E-state index is 12.3. The number of nitriles is 1. The maximum absolute atomic E-state index is 12.3. The van der Waals surface area contributed by atoms with E-state index in [1.807, 2.05) is 41.0 Å². The van der Waals surface area contributed by atoms with Gasteiger partial charge in [0.15, 0.2) is 5.01 Å². The molecule has 5 aliphatic heterocycles. The molecule has 0 saturated carbocycles. The van der Waals surface area contributed by atoms with E-state index in [4.69, 9.17) is 19.9 Å². The summed E-state index contributed by atoms with van der Waals surface area (Å²) in [5.41, 5.74) is 6.93. The van der Waals surface area contributed by atoms with E-state index in [2.05, 4.69) is 54.7 Å². The van der Waals surface area contributed by atoms with Crippen molar-refractivity contribution in [3.05, 3.63) is 66.5 Å². The van der Waals surface area contributed by atoms with Crippen LogP contribution in [0.4, 0.5) is 27.0 Å². The molecule has 2 bridgehead atoms. The molecule has 1 aromatic carbocycles. The van der Waals surface area contributed by atoms with Gasteiger partial charge in [-0.15, -0.1) is 10.2 Å². The number of nitrogens with zero attached hydrogens (tertiary/aromatic N) is 10. The van der Waals surface area contributed by atoms with E-state index in [0.29, 0.717) is 36.5 Å². The molecule has 0 aliphatic carbocycles. The normalized spacial score (nSPS) is 22.1. The van der Waals surface area contributed by atoms with E-state index in [1.54, 1.807) is 22.4 Å². The van der Waals surface area contributed by atoms with Gasteiger partial charge < -0.3 is 19.9 Å². The van der Waals surface area contributed by atoms with Crippen molar-refractivity contribution >= 4 is 51.0 Å². The minimum Gasteiger partial charge on any atom is -0.381 e. The molecular weight excluding hydrogens is 753 g/mol. The first-order chi connectivity index (χ1) is 28.5. The standard InChI is InChI=1S/C42H46N12O3S/c43-21-28-19-32-7-8-38(54(32)45-22-28)37-20-36(46-29-12-17-57-18-13-29)35(23-44-37)40-48-49-42(58-40)51-25-33-5-6-34(26-51)53(33)24-27-9-14-50(15-10-27)30-1-3-31(4-2-30)52-16-11-39(55)47-41(52)56/h1-4,7-8,19-20,22-23,27,29,33-34H,5-6,9-18,24-26H2,(H,44,46)(H,47,55,56). The van der Waals surface area contributed by atoms with E-state index in [0.717, 1.165) is 116 Å². The molecule has 9 heterocycles. The highest BCUT2D eigenvalue weighted by Crippen LogP contribution is 2.40. The van der Waals surface area contributed by atoms with Crippen LogP contribution in [0.5, 0.6) is 0 Å². The summed E-state index contributed by atoms with van der Waals surface area (Å²) in [5, 5.41) is 31.4. The van der Waals surface area contributed by atoms with Gasteiger partial charge in [-0.25, -0.2) is 9.31 Å². The number of rotatable bonds is 9. The lowest BCUT2D eigenvalue weighted by Crippen LogP contribution is -2.55. The first kappa shape index (κ1) is 36.7. The number of piperidine rings is 1. The minimum absolute atomic E-state index is 0.216. The maximum Gasteiger partial charge on any atom is 0.328 e. The first-order valence-corrected chi connectivity index (χ1v) is 21.3. The van der Waals surface area contributed by atoms with Crippen molar-refractivity contribution in [3.63, 3.8) is 0 Å². The van der Waals surface area contributed by atoms with Crippen LogP contribution in [-0.2, 0) is 9.53 Å². The fraction of sp³-hybridized carbons (Fsp3) is 0.452. The number of hydrogen-bond acceptors (Lipinski definition) is 13. The number of pyridine rings is 1. The molecule has 16 heteroatoms. The van der Waals surface area contributed by atoms with Gasteiger partial charge in [-0.2, -0.15) is 10.4 Å². The predicted molar refractivity (Wildman–Crippen MR) is 222 cm³/mol. The van der Waals surface area contributed by atoms with E-state index in [1.165, 1.54) is 18.5 Å². The fourth-order valence-corrected chi connectivity index (χ4v) is 10.3. The van der Waals surface area contributed by atoms with Crippen molar-refractivity contribution in [2.75, 3.05) is 72.5 Å². The highest BCUT2D eigenvalue weighted by Gasteiger charge is 2.42. The van der Waals surface area contributed by atoms with Crippen molar-refractivity contribution in [1.29, 1.82) is 5.26 Å². The lowest BCUT2D eigenvalue weighted by Gasteiger charge is -2.43. The van der Waals surface area contributed by atoms with Crippen LogP contribution >= 0.6 is 11.3 Å². The summed E-state index contributed by atoms with van der Waals surface area (Å²) in [7, 11) is 0. The van der Waals surface area contributed by atoms with Crippen molar-refractivity contribution in [2.45, 2.75) is 63.1 Å². The topological polar surface area (TPSA) is 160 Å². The van der Waals surface area contributed by atoms with Crippen molar-refractivity contribution in [2.24, 2.45) is 5.92 Å². The number of urea groups is 1. The van der Waals surface area contributed by atoms with Gasteiger partial charge in [0, 0.05) is 100 Å². The smallest absolute Gasteiger partial charge is 0.328 e. The molecule has 15 nitrogen and oxygen atoms in total. The number of imide groups is 1. The number of fused-ring (bicyclic) bond motifs is 3. The Hall–Kier alpha value is -5.63. The second-order valence-electron chi connectivity index (χ2n) is 16.1. The molecular formula is C42H46N12O3S. The Labute approximate surface area is 340 Å². The number of anilines is 4. The molecule has 5 saturated heterocycles. The van der Waals surface area contributed by atoms with E-state index in [-0.39, 0.29) is 18.0 Å². The monoisotopic (exact) mass is 798 g/mol. The molecule has 3 amide bonds. The van der Waals surface area contributed by atoms with Gasteiger partial charge in [-0.1, -0.05) is 11.3 Å². The largest absolute Gasteiger partial charge is 0.381 e. The van der Waals surface area contributed by atoms with Crippen molar-refractivity contribution < 1.29 is 14.3 Å². The van der Waals surface area contributed by atoms with Crippen LogP contribution in [0.2, 0.25) is 0 Å². The number of amides is 3. The zero-order valence-electron chi connectivity index (χ0n) is 32.3. The number of benzene rings is 1. The van der Waals surface area contributed by atoms with Crippen LogP contribution in [-0.4, -0.2) is 112 Å². The highest BCUT2D eigenvalue weighted by molar-refractivity contribution is 7.18. The summed E-state index contributed by atoms with van der Waals surface area (Å²) in [6.45, 7) is 7.00. The van der Waals surface area contributed by atoms with Crippen LogP contribution < -0.4 is 25.3 Å². The predicted octanol–water partition coefficient (Wildman–Crippen LogP) is 5.39. The molecule has 4 aromatic heterocycles. The molecule has 2 unspecified atom stereocenters.